The van der Waals surface area contributed by atoms with Gasteiger partial charge in [0.15, 0.2) is 6.54 Å². The number of anilines is 1. The Bertz CT molecular complexity index is 600. The molecule has 146 valence electrons. The van der Waals surface area contributed by atoms with Crippen molar-refractivity contribution in [2.45, 2.75) is 25.9 Å². The number of hydrogen-bond acceptors (Lipinski definition) is 3. The van der Waals surface area contributed by atoms with Crippen LogP contribution in [0.25, 0.3) is 0 Å². The molecule has 0 radical (unpaired) electrons. The number of nitrogens with one attached hydrogen (secondary N) is 2. The summed E-state index contributed by atoms with van der Waals surface area (Å²) in [5.74, 6) is 0.544. The number of likely N-dealkylation sites (tertiary alicyclic amines) is 1. The quantitative estimate of drug-likeness (QED) is 0.717. The summed E-state index contributed by atoms with van der Waals surface area (Å²) in [5.41, 5.74) is -0.795. The minimum atomic E-state index is -4.49. The minimum absolute atomic E-state index is 0.0331. The van der Waals surface area contributed by atoms with E-state index in [1.807, 2.05) is 0 Å². The average Bonchev–Trinajstić information content (AvgIpc) is 2.57. The van der Waals surface area contributed by atoms with Crippen LogP contribution in [0.3, 0.4) is 0 Å². The number of alkyl halides is 3. The zero-order valence-electron chi connectivity index (χ0n) is 15.1. The Morgan fingerprint density at radius 2 is 1.96 bits per heavy atom. The fourth-order valence-electron chi connectivity index (χ4n) is 2.93. The Morgan fingerprint density at radius 1 is 1.27 bits per heavy atom. The summed E-state index contributed by atoms with van der Waals surface area (Å²) in [6.07, 6.45) is -2.38. The molecule has 1 aromatic rings. The van der Waals surface area contributed by atoms with E-state index in [2.05, 4.69) is 12.2 Å². The van der Waals surface area contributed by atoms with Crippen LogP contribution in [-0.2, 0) is 15.7 Å². The lowest BCUT2D eigenvalue weighted by atomic mass is 9.99. The topological polar surface area (TPSA) is 52.0 Å². The molecule has 1 heterocycles. The molecule has 1 aliphatic heterocycles. The molecule has 1 fully saturated rings. The molecule has 26 heavy (non-hydrogen) atoms. The van der Waals surface area contributed by atoms with Crippen molar-refractivity contribution in [3.05, 3.63) is 23.8 Å². The summed E-state index contributed by atoms with van der Waals surface area (Å²) in [4.78, 5) is 13.5. The van der Waals surface area contributed by atoms with E-state index in [1.54, 1.807) is 0 Å². The third kappa shape index (κ3) is 6.17. The van der Waals surface area contributed by atoms with E-state index in [0.29, 0.717) is 12.5 Å². The first-order chi connectivity index (χ1) is 12.3. The lowest BCUT2D eigenvalue weighted by Gasteiger charge is -2.26. The van der Waals surface area contributed by atoms with Crippen LogP contribution < -0.4 is 15.0 Å². The van der Waals surface area contributed by atoms with Crippen molar-refractivity contribution in [1.82, 2.24) is 0 Å². The second-order valence-electron chi connectivity index (χ2n) is 6.71. The average molecular weight is 375 g/mol. The molecule has 1 saturated heterocycles. The first kappa shape index (κ1) is 20.5. The summed E-state index contributed by atoms with van der Waals surface area (Å²) in [5, 5.41) is 2.58. The van der Waals surface area contributed by atoms with Crippen LogP contribution >= 0.6 is 0 Å². The number of hydrogen-bond donors (Lipinski definition) is 2. The first-order valence-electron chi connectivity index (χ1n) is 8.76. The number of benzene rings is 1. The Kier molecular flexibility index (Phi) is 7.28. The predicted molar refractivity (Wildman–Crippen MR) is 91.4 cm³/mol. The molecule has 0 unspecified atom stereocenters. The van der Waals surface area contributed by atoms with Gasteiger partial charge in [-0.25, -0.2) is 0 Å². The van der Waals surface area contributed by atoms with E-state index in [4.69, 9.17) is 9.47 Å². The fraction of sp³-hybridized carbons (Fsp3) is 0.611. The van der Waals surface area contributed by atoms with E-state index < -0.39 is 11.7 Å². The van der Waals surface area contributed by atoms with Crippen LogP contribution in [0, 0.1) is 5.92 Å². The van der Waals surface area contributed by atoms with Gasteiger partial charge in [-0.05, 0) is 37.0 Å². The van der Waals surface area contributed by atoms with Gasteiger partial charge in [0.25, 0.3) is 5.91 Å². The SMILES string of the molecule is COCCOc1ccc(C(F)(F)F)cc1NC(=O)C[NH+]1CCC(C)CC1. The number of methoxy groups -OCH3 is 1. The zero-order chi connectivity index (χ0) is 19.2. The first-order valence-corrected chi connectivity index (χ1v) is 8.76. The Balaban J connectivity index is 2.06. The number of amides is 1. The lowest BCUT2D eigenvalue weighted by molar-refractivity contribution is -0.897. The highest BCUT2D eigenvalue weighted by Gasteiger charge is 2.31. The standard InChI is InChI=1S/C18H25F3N2O3/c1-13-5-7-23(8-6-13)12-17(24)22-15-11-14(18(19,20)21)3-4-16(15)26-10-9-25-2/h3-4,11,13H,5-10,12H2,1-2H3,(H,22,24)/p+1. The Labute approximate surface area is 151 Å². The minimum Gasteiger partial charge on any atom is -0.489 e. The van der Waals surface area contributed by atoms with Gasteiger partial charge < -0.3 is 19.7 Å². The van der Waals surface area contributed by atoms with Crippen molar-refractivity contribution in [3.8, 4) is 5.75 Å². The van der Waals surface area contributed by atoms with E-state index in [9.17, 15) is 18.0 Å². The maximum atomic E-state index is 13.0. The molecule has 2 rings (SSSR count). The van der Waals surface area contributed by atoms with Crippen LogP contribution in [-0.4, -0.2) is 45.9 Å². The maximum Gasteiger partial charge on any atom is 0.416 e. The Morgan fingerprint density at radius 3 is 2.58 bits per heavy atom. The highest BCUT2D eigenvalue weighted by molar-refractivity contribution is 5.93. The number of halogens is 3. The van der Waals surface area contributed by atoms with Crippen molar-refractivity contribution in [1.29, 1.82) is 0 Å². The van der Waals surface area contributed by atoms with Crippen molar-refractivity contribution in [2.24, 2.45) is 5.92 Å². The maximum absolute atomic E-state index is 13.0. The second kappa shape index (κ2) is 9.23. The number of quaternary nitrogens is 1. The number of carbonyl (C=O) groups is 1. The molecule has 2 N–H and O–H groups in total. The van der Waals surface area contributed by atoms with Gasteiger partial charge in [0, 0.05) is 7.11 Å². The number of ether oxygens (including phenoxy) is 2. The van der Waals surface area contributed by atoms with E-state index in [1.165, 1.54) is 13.2 Å². The fourth-order valence-corrected chi connectivity index (χ4v) is 2.93. The monoisotopic (exact) mass is 375 g/mol. The second-order valence-corrected chi connectivity index (χ2v) is 6.71. The molecule has 0 aromatic heterocycles. The summed E-state index contributed by atoms with van der Waals surface area (Å²) in [6, 6.07) is 3.08. The molecular formula is C18H26F3N2O3+. The van der Waals surface area contributed by atoms with Gasteiger partial charge in [0.1, 0.15) is 12.4 Å². The van der Waals surface area contributed by atoms with Gasteiger partial charge in [-0.2, -0.15) is 13.2 Å². The van der Waals surface area contributed by atoms with E-state index in [-0.39, 0.29) is 30.5 Å². The number of rotatable bonds is 7. The summed E-state index contributed by atoms with van der Waals surface area (Å²) in [7, 11) is 1.50. The van der Waals surface area contributed by atoms with E-state index in [0.717, 1.165) is 43.0 Å². The lowest BCUT2D eigenvalue weighted by Crippen LogP contribution is -3.14. The van der Waals surface area contributed by atoms with Crippen LogP contribution in [0.15, 0.2) is 18.2 Å². The predicted octanol–water partition coefficient (Wildman–Crippen LogP) is 1.98. The normalized spacial score (nSPS) is 20.7. The van der Waals surface area contributed by atoms with Gasteiger partial charge in [-0.1, -0.05) is 6.92 Å². The molecule has 1 aliphatic rings. The van der Waals surface area contributed by atoms with Gasteiger partial charge in [0.2, 0.25) is 0 Å². The summed E-state index contributed by atoms with van der Waals surface area (Å²) < 4.78 is 49.2. The number of carbonyl (C=O) groups excluding carboxylic acids is 1. The molecule has 1 amide bonds. The van der Waals surface area contributed by atoms with Crippen molar-refractivity contribution in [2.75, 3.05) is 45.3 Å². The molecule has 0 spiro atoms. The van der Waals surface area contributed by atoms with Crippen LogP contribution in [0.4, 0.5) is 18.9 Å². The van der Waals surface area contributed by atoms with Gasteiger partial charge in [0.05, 0.1) is 30.9 Å². The molecule has 8 heteroatoms. The van der Waals surface area contributed by atoms with Crippen LogP contribution in [0.5, 0.6) is 5.75 Å². The van der Waals surface area contributed by atoms with Gasteiger partial charge >= 0.3 is 6.18 Å². The molecule has 0 atom stereocenters. The summed E-state index contributed by atoms with van der Waals surface area (Å²) in [6.45, 7) is 4.69. The Hall–Kier alpha value is -1.80. The molecule has 5 nitrogen and oxygen atoms in total. The molecule has 1 aromatic carbocycles. The highest BCUT2D eigenvalue weighted by Crippen LogP contribution is 2.35. The zero-order valence-corrected chi connectivity index (χ0v) is 15.1. The molecule has 0 bridgehead atoms. The molecule has 0 aliphatic carbocycles. The van der Waals surface area contributed by atoms with Crippen LogP contribution in [0.2, 0.25) is 0 Å². The van der Waals surface area contributed by atoms with Gasteiger partial charge in [-0.15, -0.1) is 0 Å². The number of piperidine rings is 1. The smallest absolute Gasteiger partial charge is 0.416 e. The van der Waals surface area contributed by atoms with Gasteiger partial charge in [-0.3, -0.25) is 4.79 Å². The third-order valence-corrected chi connectivity index (χ3v) is 4.52. The van der Waals surface area contributed by atoms with E-state index >= 15 is 0 Å². The van der Waals surface area contributed by atoms with Crippen LogP contribution in [0.1, 0.15) is 25.3 Å². The van der Waals surface area contributed by atoms with Crippen molar-refractivity contribution >= 4 is 11.6 Å². The molecular weight excluding hydrogens is 349 g/mol. The summed E-state index contributed by atoms with van der Waals surface area (Å²) >= 11 is 0. The highest BCUT2D eigenvalue weighted by atomic mass is 19.4. The van der Waals surface area contributed by atoms with Crippen molar-refractivity contribution in [3.63, 3.8) is 0 Å². The third-order valence-electron chi connectivity index (χ3n) is 4.52. The largest absolute Gasteiger partial charge is 0.489 e. The van der Waals surface area contributed by atoms with Crippen molar-refractivity contribution < 1.29 is 32.3 Å². The molecule has 0 saturated carbocycles.